The first-order valence-corrected chi connectivity index (χ1v) is 9.91. The first-order chi connectivity index (χ1) is 13.3. The van der Waals surface area contributed by atoms with E-state index in [9.17, 15) is 9.59 Å². The Bertz CT molecular complexity index is 721. The van der Waals surface area contributed by atoms with Gasteiger partial charge in [0.1, 0.15) is 12.4 Å². The van der Waals surface area contributed by atoms with Crippen molar-refractivity contribution in [2.75, 3.05) is 31.2 Å². The van der Waals surface area contributed by atoms with Crippen LogP contribution in [0.4, 0.5) is 0 Å². The molecule has 0 atom stereocenters. The number of para-hydroxylation sites is 1. The summed E-state index contributed by atoms with van der Waals surface area (Å²) in [5.74, 6) is 1.76. The SMILES string of the molecule is O=C(CSCCNC(=O)c1ccccc1)NC/C=C\COc1ccccc1. The Kier molecular flexibility index (Phi) is 9.60. The van der Waals surface area contributed by atoms with E-state index in [0.717, 1.165) is 5.75 Å². The number of thioether (sulfide) groups is 1. The van der Waals surface area contributed by atoms with Gasteiger partial charge in [0.2, 0.25) is 5.91 Å². The lowest BCUT2D eigenvalue weighted by Crippen LogP contribution is -2.28. The average Bonchev–Trinajstić information content (AvgIpc) is 2.71. The minimum absolute atomic E-state index is 0.0250. The molecular formula is C21H24N2O3S. The van der Waals surface area contributed by atoms with Crippen LogP contribution in [0.1, 0.15) is 10.4 Å². The highest BCUT2D eigenvalue weighted by atomic mass is 32.2. The van der Waals surface area contributed by atoms with E-state index in [4.69, 9.17) is 4.74 Å². The topological polar surface area (TPSA) is 67.4 Å². The number of ether oxygens (including phenoxy) is 1. The number of hydrogen-bond donors (Lipinski definition) is 2. The summed E-state index contributed by atoms with van der Waals surface area (Å²) < 4.78 is 5.52. The molecular weight excluding hydrogens is 360 g/mol. The molecule has 2 rings (SSSR count). The van der Waals surface area contributed by atoms with Gasteiger partial charge in [-0.3, -0.25) is 9.59 Å². The van der Waals surface area contributed by atoms with Crippen molar-refractivity contribution in [2.24, 2.45) is 0 Å². The molecule has 0 spiro atoms. The van der Waals surface area contributed by atoms with Gasteiger partial charge < -0.3 is 15.4 Å². The third-order valence-electron chi connectivity index (χ3n) is 3.47. The van der Waals surface area contributed by atoms with Gasteiger partial charge in [-0.05, 0) is 30.3 Å². The summed E-state index contributed by atoms with van der Waals surface area (Å²) in [5.41, 5.74) is 0.642. The Balaban J connectivity index is 1.46. The molecule has 2 N–H and O–H groups in total. The second-order valence-electron chi connectivity index (χ2n) is 5.57. The van der Waals surface area contributed by atoms with Gasteiger partial charge in [0.25, 0.3) is 5.91 Å². The highest BCUT2D eigenvalue weighted by Crippen LogP contribution is 2.07. The van der Waals surface area contributed by atoms with Crippen molar-refractivity contribution in [3.05, 3.63) is 78.4 Å². The summed E-state index contributed by atoms with van der Waals surface area (Å²) in [5, 5.41) is 5.65. The molecule has 6 heteroatoms. The number of carbonyl (C=O) groups is 2. The molecule has 0 heterocycles. The summed E-state index contributed by atoms with van der Waals surface area (Å²) >= 11 is 1.49. The Morgan fingerprint density at radius 1 is 0.926 bits per heavy atom. The fraction of sp³-hybridized carbons (Fsp3) is 0.238. The number of rotatable bonds is 11. The first-order valence-electron chi connectivity index (χ1n) is 8.76. The van der Waals surface area contributed by atoms with Crippen molar-refractivity contribution in [1.29, 1.82) is 0 Å². The molecule has 0 bridgehead atoms. The maximum atomic E-state index is 11.8. The van der Waals surface area contributed by atoms with Crippen LogP contribution in [0.5, 0.6) is 5.75 Å². The lowest BCUT2D eigenvalue weighted by Gasteiger charge is -2.05. The van der Waals surface area contributed by atoms with Crippen LogP contribution in [0.2, 0.25) is 0 Å². The van der Waals surface area contributed by atoms with Crippen LogP contribution < -0.4 is 15.4 Å². The monoisotopic (exact) mass is 384 g/mol. The molecule has 0 aliphatic heterocycles. The third-order valence-corrected chi connectivity index (χ3v) is 4.43. The molecule has 0 unspecified atom stereocenters. The Morgan fingerprint density at radius 3 is 2.37 bits per heavy atom. The highest BCUT2D eigenvalue weighted by molar-refractivity contribution is 7.99. The van der Waals surface area contributed by atoms with Crippen molar-refractivity contribution < 1.29 is 14.3 Å². The number of hydrogen-bond acceptors (Lipinski definition) is 4. The fourth-order valence-corrected chi connectivity index (χ4v) is 2.81. The third kappa shape index (κ3) is 8.96. The maximum absolute atomic E-state index is 11.8. The Labute approximate surface area is 164 Å². The van der Waals surface area contributed by atoms with Crippen LogP contribution in [0.25, 0.3) is 0 Å². The predicted molar refractivity (Wildman–Crippen MR) is 110 cm³/mol. The van der Waals surface area contributed by atoms with Gasteiger partial charge in [-0.2, -0.15) is 11.8 Å². The van der Waals surface area contributed by atoms with E-state index >= 15 is 0 Å². The van der Waals surface area contributed by atoms with Crippen LogP contribution in [0.15, 0.2) is 72.8 Å². The molecule has 0 saturated heterocycles. The van der Waals surface area contributed by atoms with Crippen molar-refractivity contribution in [2.45, 2.75) is 0 Å². The quantitative estimate of drug-likeness (QED) is 0.462. The molecule has 0 aromatic heterocycles. The molecule has 2 aromatic rings. The molecule has 2 amide bonds. The van der Waals surface area contributed by atoms with Crippen molar-refractivity contribution in [3.63, 3.8) is 0 Å². The van der Waals surface area contributed by atoms with E-state index in [-0.39, 0.29) is 11.8 Å². The zero-order chi connectivity index (χ0) is 19.2. The summed E-state index contributed by atoms with van der Waals surface area (Å²) in [4.78, 5) is 23.6. The van der Waals surface area contributed by atoms with E-state index in [1.54, 1.807) is 12.1 Å². The normalized spacial score (nSPS) is 10.5. The Hall–Kier alpha value is -2.73. The molecule has 0 aliphatic carbocycles. The molecule has 0 saturated carbocycles. The first kappa shape index (κ1) is 20.6. The molecule has 142 valence electrons. The van der Waals surface area contributed by atoms with E-state index in [0.29, 0.717) is 36.8 Å². The second kappa shape index (κ2) is 12.6. The van der Waals surface area contributed by atoms with Gasteiger partial charge in [-0.1, -0.05) is 42.5 Å². The van der Waals surface area contributed by atoms with Crippen LogP contribution in [-0.4, -0.2) is 43.0 Å². The largest absolute Gasteiger partial charge is 0.490 e. The number of benzene rings is 2. The standard InChI is InChI=1S/C21H24N2O3S/c24-20(22-13-7-8-15-26-19-11-5-2-6-12-19)17-27-16-14-23-21(25)18-9-3-1-4-10-18/h1-12H,13-17H2,(H,22,24)(H,23,25)/b8-7-. The summed E-state index contributed by atoms with van der Waals surface area (Å²) in [7, 11) is 0. The van der Waals surface area contributed by atoms with Gasteiger partial charge in [-0.15, -0.1) is 0 Å². The smallest absolute Gasteiger partial charge is 0.251 e. The second-order valence-corrected chi connectivity index (χ2v) is 6.68. The van der Waals surface area contributed by atoms with Crippen LogP contribution >= 0.6 is 11.8 Å². The van der Waals surface area contributed by atoms with E-state index in [1.165, 1.54) is 11.8 Å². The lowest BCUT2D eigenvalue weighted by atomic mass is 10.2. The molecule has 27 heavy (non-hydrogen) atoms. The number of carbonyl (C=O) groups excluding carboxylic acids is 2. The summed E-state index contributed by atoms with van der Waals surface area (Å²) in [6.45, 7) is 1.47. The minimum Gasteiger partial charge on any atom is -0.490 e. The molecule has 0 radical (unpaired) electrons. The van der Waals surface area contributed by atoms with Crippen molar-refractivity contribution >= 4 is 23.6 Å². The maximum Gasteiger partial charge on any atom is 0.251 e. The van der Waals surface area contributed by atoms with Crippen molar-refractivity contribution in [3.8, 4) is 5.75 Å². The zero-order valence-corrected chi connectivity index (χ0v) is 15.9. The average molecular weight is 385 g/mol. The van der Waals surface area contributed by atoms with Gasteiger partial charge in [-0.25, -0.2) is 0 Å². The van der Waals surface area contributed by atoms with Gasteiger partial charge in [0.05, 0.1) is 5.75 Å². The molecule has 0 fully saturated rings. The predicted octanol–water partition coefficient (Wildman–Crippen LogP) is 2.90. The number of nitrogens with one attached hydrogen (secondary N) is 2. The van der Waals surface area contributed by atoms with Gasteiger partial charge in [0, 0.05) is 24.4 Å². The van der Waals surface area contributed by atoms with E-state index in [1.807, 2.05) is 60.7 Å². The molecule has 5 nitrogen and oxygen atoms in total. The summed E-state index contributed by atoms with van der Waals surface area (Å²) in [6, 6.07) is 18.7. The van der Waals surface area contributed by atoms with Gasteiger partial charge in [0.15, 0.2) is 0 Å². The molecule has 2 aromatic carbocycles. The summed E-state index contributed by atoms with van der Waals surface area (Å²) in [6.07, 6.45) is 3.74. The minimum atomic E-state index is -0.0940. The Morgan fingerprint density at radius 2 is 1.63 bits per heavy atom. The zero-order valence-electron chi connectivity index (χ0n) is 15.1. The highest BCUT2D eigenvalue weighted by Gasteiger charge is 2.04. The van der Waals surface area contributed by atoms with E-state index in [2.05, 4.69) is 10.6 Å². The van der Waals surface area contributed by atoms with Crippen LogP contribution in [0, 0.1) is 0 Å². The lowest BCUT2D eigenvalue weighted by molar-refractivity contribution is -0.118. The van der Waals surface area contributed by atoms with Crippen LogP contribution in [0.3, 0.4) is 0 Å². The van der Waals surface area contributed by atoms with Crippen LogP contribution in [-0.2, 0) is 4.79 Å². The van der Waals surface area contributed by atoms with Gasteiger partial charge >= 0.3 is 0 Å². The molecule has 0 aliphatic rings. The number of amides is 2. The van der Waals surface area contributed by atoms with Crippen molar-refractivity contribution in [1.82, 2.24) is 10.6 Å². The fourth-order valence-electron chi connectivity index (χ4n) is 2.13. The van der Waals surface area contributed by atoms with E-state index < -0.39 is 0 Å².